The molecule has 0 unspecified atom stereocenters. The van der Waals surface area contributed by atoms with Gasteiger partial charge in [0, 0.05) is 5.54 Å². The second-order valence-electron chi connectivity index (χ2n) is 5.03. The Bertz CT molecular complexity index is 123. The molecule has 0 bridgehead atoms. The van der Waals surface area contributed by atoms with E-state index in [2.05, 4.69) is 20.8 Å². The fourth-order valence-corrected chi connectivity index (χ4v) is 2.16. The van der Waals surface area contributed by atoms with Crippen LogP contribution in [-0.4, -0.2) is 5.54 Å². The maximum Gasteiger partial charge on any atom is 0.0154 e. The van der Waals surface area contributed by atoms with Crippen LogP contribution in [0.4, 0.5) is 0 Å². The lowest BCUT2D eigenvalue weighted by atomic mass is 9.83. The summed E-state index contributed by atoms with van der Waals surface area (Å²) in [6.07, 6.45) is 12.8. The van der Waals surface area contributed by atoms with Crippen molar-refractivity contribution < 1.29 is 0 Å². The Morgan fingerprint density at radius 1 is 0.667 bits per heavy atom. The average molecular weight is 213 g/mol. The van der Waals surface area contributed by atoms with E-state index < -0.39 is 0 Å². The number of hydrogen-bond acceptors (Lipinski definition) is 1. The van der Waals surface area contributed by atoms with Gasteiger partial charge in [0.1, 0.15) is 0 Å². The highest BCUT2D eigenvalue weighted by molar-refractivity contribution is 4.83. The van der Waals surface area contributed by atoms with Gasteiger partial charge in [-0.3, -0.25) is 0 Å². The molecule has 0 aromatic rings. The van der Waals surface area contributed by atoms with Gasteiger partial charge >= 0.3 is 0 Å². The van der Waals surface area contributed by atoms with E-state index in [-0.39, 0.29) is 5.54 Å². The van der Waals surface area contributed by atoms with E-state index in [1.54, 1.807) is 0 Å². The fourth-order valence-electron chi connectivity index (χ4n) is 2.16. The minimum Gasteiger partial charge on any atom is -0.325 e. The predicted octanol–water partition coefficient (Wildman–Crippen LogP) is 4.64. The maximum absolute atomic E-state index is 6.51. The van der Waals surface area contributed by atoms with Crippen LogP contribution in [0.25, 0.3) is 0 Å². The third kappa shape index (κ3) is 7.84. The first-order valence-corrected chi connectivity index (χ1v) is 6.97. The van der Waals surface area contributed by atoms with Crippen molar-refractivity contribution in [1.29, 1.82) is 0 Å². The van der Waals surface area contributed by atoms with Crippen molar-refractivity contribution in [3.8, 4) is 0 Å². The Kier molecular flexibility index (Phi) is 9.18. The van der Waals surface area contributed by atoms with Crippen LogP contribution in [0.1, 0.15) is 85.0 Å². The molecule has 92 valence electrons. The van der Waals surface area contributed by atoms with Gasteiger partial charge < -0.3 is 5.73 Å². The van der Waals surface area contributed by atoms with E-state index in [0.29, 0.717) is 0 Å². The van der Waals surface area contributed by atoms with Gasteiger partial charge in [0.25, 0.3) is 0 Å². The monoisotopic (exact) mass is 213 g/mol. The molecule has 0 rings (SSSR count). The van der Waals surface area contributed by atoms with Crippen LogP contribution in [0, 0.1) is 0 Å². The van der Waals surface area contributed by atoms with Crippen LogP contribution in [-0.2, 0) is 0 Å². The number of nitrogens with two attached hydrogens (primary N) is 1. The summed E-state index contributed by atoms with van der Waals surface area (Å²) < 4.78 is 0. The highest BCUT2D eigenvalue weighted by atomic mass is 14.7. The van der Waals surface area contributed by atoms with Gasteiger partial charge in [-0.05, 0) is 19.3 Å². The zero-order chi connectivity index (χ0) is 11.6. The first-order chi connectivity index (χ1) is 7.18. The van der Waals surface area contributed by atoms with Crippen molar-refractivity contribution in [2.24, 2.45) is 5.73 Å². The zero-order valence-corrected chi connectivity index (χ0v) is 11.1. The van der Waals surface area contributed by atoms with Crippen molar-refractivity contribution >= 4 is 0 Å². The summed E-state index contributed by atoms with van der Waals surface area (Å²) in [5, 5.41) is 0. The quantitative estimate of drug-likeness (QED) is 0.525. The zero-order valence-electron chi connectivity index (χ0n) is 11.1. The Hall–Kier alpha value is -0.0400. The van der Waals surface area contributed by atoms with Gasteiger partial charge in [0.15, 0.2) is 0 Å². The third-order valence-electron chi connectivity index (χ3n) is 3.33. The van der Waals surface area contributed by atoms with Gasteiger partial charge in [-0.25, -0.2) is 0 Å². The molecule has 0 spiro atoms. The Morgan fingerprint density at radius 2 is 1.07 bits per heavy atom. The molecule has 1 heteroatoms. The van der Waals surface area contributed by atoms with Crippen molar-refractivity contribution in [3.05, 3.63) is 0 Å². The lowest BCUT2D eigenvalue weighted by Gasteiger charge is -2.29. The van der Waals surface area contributed by atoms with Crippen LogP contribution in [0.2, 0.25) is 0 Å². The molecule has 2 N–H and O–H groups in total. The summed E-state index contributed by atoms with van der Waals surface area (Å²) in [6, 6.07) is 0. The second kappa shape index (κ2) is 9.21. The molecule has 0 aliphatic heterocycles. The predicted molar refractivity (Wildman–Crippen MR) is 70.1 cm³/mol. The van der Waals surface area contributed by atoms with E-state index >= 15 is 0 Å². The van der Waals surface area contributed by atoms with Crippen LogP contribution in [0.15, 0.2) is 0 Å². The lowest BCUT2D eigenvalue weighted by Crippen LogP contribution is -2.39. The van der Waals surface area contributed by atoms with Crippen LogP contribution < -0.4 is 5.73 Å². The van der Waals surface area contributed by atoms with Crippen LogP contribution in [0.5, 0.6) is 0 Å². The number of hydrogen-bond donors (Lipinski definition) is 1. The largest absolute Gasteiger partial charge is 0.325 e. The van der Waals surface area contributed by atoms with Crippen molar-refractivity contribution in [3.63, 3.8) is 0 Å². The van der Waals surface area contributed by atoms with E-state index in [9.17, 15) is 0 Å². The van der Waals surface area contributed by atoms with Gasteiger partial charge in [-0.2, -0.15) is 0 Å². The molecule has 0 aromatic heterocycles. The van der Waals surface area contributed by atoms with Gasteiger partial charge in [0.05, 0.1) is 0 Å². The van der Waals surface area contributed by atoms with Crippen molar-refractivity contribution in [2.45, 2.75) is 90.5 Å². The van der Waals surface area contributed by atoms with Crippen LogP contribution in [0.3, 0.4) is 0 Å². The molecule has 15 heavy (non-hydrogen) atoms. The molecule has 0 aliphatic carbocycles. The molecule has 0 heterocycles. The van der Waals surface area contributed by atoms with Crippen molar-refractivity contribution in [1.82, 2.24) is 0 Å². The molecule has 0 radical (unpaired) electrons. The summed E-state index contributed by atoms with van der Waals surface area (Å²) in [7, 11) is 0. The van der Waals surface area contributed by atoms with E-state index in [0.717, 1.165) is 0 Å². The SMILES string of the molecule is CCCCCC(N)(CCCC)CCCC. The topological polar surface area (TPSA) is 26.0 Å². The van der Waals surface area contributed by atoms with E-state index in [4.69, 9.17) is 5.73 Å². The number of unbranched alkanes of at least 4 members (excludes halogenated alkanes) is 4. The molecule has 0 amide bonds. The summed E-state index contributed by atoms with van der Waals surface area (Å²) in [6.45, 7) is 6.77. The summed E-state index contributed by atoms with van der Waals surface area (Å²) in [5.74, 6) is 0. The minimum atomic E-state index is 0.154. The molecule has 0 aliphatic rings. The third-order valence-corrected chi connectivity index (χ3v) is 3.33. The molecule has 0 atom stereocenters. The van der Waals surface area contributed by atoms with Crippen molar-refractivity contribution in [2.75, 3.05) is 0 Å². The average Bonchev–Trinajstić information content (AvgIpc) is 2.24. The molecule has 1 nitrogen and oxygen atoms in total. The molecule has 0 saturated carbocycles. The highest BCUT2D eigenvalue weighted by Gasteiger charge is 2.22. The van der Waals surface area contributed by atoms with E-state index in [1.807, 2.05) is 0 Å². The second-order valence-corrected chi connectivity index (χ2v) is 5.03. The summed E-state index contributed by atoms with van der Waals surface area (Å²) in [5.41, 5.74) is 6.66. The minimum absolute atomic E-state index is 0.154. The molecule has 0 fully saturated rings. The molecule has 0 aromatic carbocycles. The van der Waals surface area contributed by atoms with Gasteiger partial charge in [0.2, 0.25) is 0 Å². The maximum atomic E-state index is 6.51. The standard InChI is InChI=1S/C14H31N/c1-4-7-10-13-14(15,11-8-5-2)12-9-6-3/h4-13,15H2,1-3H3. The molecular weight excluding hydrogens is 182 g/mol. The Morgan fingerprint density at radius 3 is 1.47 bits per heavy atom. The van der Waals surface area contributed by atoms with Gasteiger partial charge in [-0.1, -0.05) is 65.7 Å². The van der Waals surface area contributed by atoms with Gasteiger partial charge in [-0.15, -0.1) is 0 Å². The van der Waals surface area contributed by atoms with Crippen LogP contribution >= 0.6 is 0 Å². The summed E-state index contributed by atoms with van der Waals surface area (Å²) in [4.78, 5) is 0. The molecule has 0 saturated heterocycles. The Balaban J connectivity index is 3.89. The normalized spacial score (nSPS) is 12.0. The number of rotatable bonds is 10. The molecular formula is C14H31N. The summed E-state index contributed by atoms with van der Waals surface area (Å²) >= 11 is 0. The highest BCUT2D eigenvalue weighted by Crippen LogP contribution is 2.25. The smallest absolute Gasteiger partial charge is 0.0154 e. The Labute approximate surface area is 96.8 Å². The first kappa shape index (κ1) is 15.0. The fraction of sp³-hybridized carbons (Fsp3) is 1.00. The lowest BCUT2D eigenvalue weighted by molar-refractivity contribution is 0.310. The van der Waals surface area contributed by atoms with E-state index in [1.165, 1.54) is 64.2 Å². The first-order valence-electron chi connectivity index (χ1n) is 6.97.